The lowest BCUT2D eigenvalue weighted by atomic mass is 10.00. The van der Waals surface area contributed by atoms with Gasteiger partial charge in [0.1, 0.15) is 0 Å². The molecule has 0 atom stereocenters. The number of nitrogens with one attached hydrogen (secondary N) is 2. The Hall–Kier alpha value is -2.85. The summed E-state index contributed by atoms with van der Waals surface area (Å²) in [5, 5.41) is 8.13. The number of anilines is 1. The summed E-state index contributed by atoms with van der Waals surface area (Å²) >= 11 is 0. The lowest BCUT2D eigenvalue weighted by Gasteiger charge is -2.28. The molecule has 0 aromatic heterocycles. The Bertz CT molecular complexity index is 932. The highest BCUT2D eigenvalue weighted by Gasteiger charge is 2.15. The summed E-state index contributed by atoms with van der Waals surface area (Å²) in [7, 11) is 0. The van der Waals surface area contributed by atoms with Gasteiger partial charge in [-0.15, -0.1) is 0 Å². The number of amides is 2. The first kappa shape index (κ1) is 17.6. The van der Waals surface area contributed by atoms with Crippen molar-refractivity contribution >= 4 is 22.5 Å². The molecule has 0 aliphatic carbocycles. The highest BCUT2D eigenvalue weighted by molar-refractivity contribution is 6.01. The monoisotopic (exact) mass is 359 g/mol. The van der Waals surface area contributed by atoms with Crippen molar-refractivity contribution < 1.29 is 4.79 Å². The summed E-state index contributed by atoms with van der Waals surface area (Å²) in [6, 6.07) is 22.6. The van der Waals surface area contributed by atoms with Gasteiger partial charge in [0.05, 0.1) is 5.69 Å². The summed E-state index contributed by atoms with van der Waals surface area (Å²) in [5.74, 6) is 0. The first-order valence-electron chi connectivity index (χ1n) is 9.61. The Kier molecular flexibility index (Phi) is 5.35. The molecule has 4 heteroatoms. The molecule has 0 bridgehead atoms. The zero-order valence-corrected chi connectivity index (χ0v) is 15.4. The molecule has 0 radical (unpaired) electrons. The van der Waals surface area contributed by atoms with Crippen LogP contribution in [0.5, 0.6) is 0 Å². The van der Waals surface area contributed by atoms with Gasteiger partial charge >= 0.3 is 6.03 Å². The molecule has 1 aliphatic rings. The Balaban J connectivity index is 1.23. The maximum absolute atomic E-state index is 12.2. The summed E-state index contributed by atoms with van der Waals surface area (Å²) in [6.45, 7) is 3.79. The van der Waals surface area contributed by atoms with Crippen molar-refractivity contribution in [1.82, 2.24) is 10.2 Å². The first-order chi connectivity index (χ1) is 13.3. The maximum atomic E-state index is 12.2. The van der Waals surface area contributed by atoms with Crippen molar-refractivity contribution in [3.63, 3.8) is 0 Å². The number of hydrogen-bond donors (Lipinski definition) is 2. The van der Waals surface area contributed by atoms with Crippen LogP contribution in [0.1, 0.15) is 17.5 Å². The second kappa shape index (κ2) is 8.23. The van der Waals surface area contributed by atoms with E-state index in [9.17, 15) is 4.79 Å². The summed E-state index contributed by atoms with van der Waals surface area (Å²) in [4.78, 5) is 14.7. The number of fused-ring (bicyclic) bond motifs is 2. The van der Waals surface area contributed by atoms with Crippen LogP contribution < -0.4 is 10.6 Å². The predicted octanol–water partition coefficient (Wildman–Crippen LogP) is 4.41. The quantitative estimate of drug-likeness (QED) is 0.663. The molecular formula is C23H25N3O. The number of carbonyl (C=O) groups is 1. The van der Waals surface area contributed by atoms with Crippen LogP contribution in [0.3, 0.4) is 0 Å². The van der Waals surface area contributed by atoms with Gasteiger partial charge < -0.3 is 10.6 Å². The van der Waals surface area contributed by atoms with E-state index >= 15 is 0 Å². The number of carbonyl (C=O) groups excluding carboxylic acids is 1. The molecule has 4 rings (SSSR count). The molecule has 3 aromatic rings. The molecule has 0 fully saturated rings. The number of rotatable bonds is 5. The summed E-state index contributed by atoms with van der Waals surface area (Å²) in [5.41, 5.74) is 3.75. The van der Waals surface area contributed by atoms with Crippen molar-refractivity contribution in [3.05, 3.63) is 77.9 Å². The minimum absolute atomic E-state index is 0.143. The van der Waals surface area contributed by atoms with Crippen LogP contribution >= 0.6 is 0 Å². The van der Waals surface area contributed by atoms with E-state index in [1.54, 1.807) is 0 Å². The fourth-order valence-electron chi connectivity index (χ4n) is 3.75. The van der Waals surface area contributed by atoms with Crippen LogP contribution in [0.4, 0.5) is 10.5 Å². The van der Waals surface area contributed by atoms with E-state index in [0.717, 1.165) is 48.9 Å². The van der Waals surface area contributed by atoms with Crippen molar-refractivity contribution in [2.45, 2.75) is 19.4 Å². The van der Waals surface area contributed by atoms with Crippen LogP contribution in [0.15, 0.2) is 66.7 Å². The number of hydrogen-bond acceptors (Lipinski definition) is 2. The summed E-state index contributed by atoms with van der Waals surface area (Å²) in [6.07, 6.45) is 2.07. The number of nitrogens with zero attached hydrogens (tertiary/aromatic N) is 1. The molecule has 0 saturated heterocycles. The van der Waals surface area contributed by atoms with Gasteiger partial charge in [-0.2, -0.15) is 0 Å². The van der Waals surface area contributed by atoms with E-state index in [0.29, 0.717) is 6.54 Å². The van der Waals surface area contributed by atoms with Gasteiger partial charge in [-0.3, -0.25) is 4.90 Å². The second-order valence-corrected chi connectivity index (χ2v) is 7.06. The van der Waals surface area contributed by atoms with Crippen LogP contribution in [0.2, 0.25) is 0 Å². The van der Waals surface area contributed by atoms with Gasteiger partial charge in [-0.25, -0.2) is 4.79 Å². The Morgan fingerprint density at radius 3 is 2.63 bits per heavy atom. The zero-order chi connectivity index (χ0) is 18.5. The number of urea groups is 1. The highest BCUT2D eigenvalue weighted by atomic mass is 16.2. The third-order valence-corrected chi connectivity index (χ3v) is 5.18. The normalized spacial score (nSPS) is 13.9. The van der Waals surface area contributed by atoms with E-state index in [1.165, 1.54) is 11.1 Å². The highest BCUT2D eigenvalue weighted by Crippen LogP contribution is 2.22. The van der Waals surface area contributed by atoms with Crippen molar-refractivity contribution in [2.75, 3.05) is 25.0 Å². The van der Waals surface area contributed by atoms with Crippen molar-refractivity contribution in [3.8, 4) is 0 Å². The van der Waals surface area contributed by atoms with Crippen LogP contribution in [-0.4, -0.2) is 30.6 Å². The molecule has 3 aromatic carbocycles. The standard InChI is InChI=1S/C23H25N3O/c27-23(25-22-12-5-10-19-8-3-4-11-21(19)22)24-14-6-15-26-16-13-18-7-1-2-9-20(18)17-26/h1-5,7-12H,6,13-17H2,(H2,24,25,27). The molecule has 138 valence electrons. The third-order valence-electron chi connectivity index (χ3n) is 5.18. The Labute approximate surface area is 160 Å². The van der Waals surface area contributed by atoms with E-state index in [4.69, 9.17) is 0 Å². The Morgan fingerprint density at radius 2 is 1.70 bits per heavy atom. The third kappa shape index (κ3) is 4.29. The minimum atomic E-state index is -0.143. The lowest BCUT2D eigenvalue weighted by Crippen LogP contribution is -2.35. The fourth-order valence-corrected chi connectivity index (χ4v) is 3.75. The van der Waals surface area contributed by atoms with Crippen LogP contribution in [0.25, 0.3) is 10.8 Å². The zero-order valence-electron chi connectivity index (χ0n) is 15.4. The largest absolute Gasteiger partial charge is 0.338 e. The topological polar surface area (TPSA) is 44.4 Å². The van der Waals surface area contributed by atoms with E-state index in [2.05, 4.69) is 51.9 Å². The summed E-state index contributed by atoms with van der Waals surface area (Å²) < 4.78 is 0. The average molecular weight is 359 g/mol. The maximum Gasteiger partial charge on any atom is 0.319 e. The average Bonchev–Trinajstić information content (AvgIpc) is 2.71. The van der Waals surface area contributed by atoms with Crippen molar-refractivity contribution in [2.24, 2.45) is 0 Å². The molecular weight excluding hydrogens is 334 g/mol. The molecule has 1 aliphatic heterocycles. The molecule has 4 nitrogen and oxygen atoms in total. The Morgan fingerprint density at radius 1 is 0.926 bits per heavy atom. The molecule has 2 amide bonds. The minimum Gasteiger partial charge on any atom is -0.338 e. The lowest BCUT2D eigenvalue weighted by molar-refractivity contribution is 0.242. The van der Waals surface area contributed by atoms with Crippen LogP contribution in [0, 0.1) is 0 Å². The SMILES string of the molecule is O=C(NCCCN1CCc2ccccc2C1)Nc1cccc2ccccc12. The second-order valence-electron chi connectivity index (χ2n) is 7.06. The number of benzene rings is 3. The van der Waals surface area contributed by atoms with Gasteiger partial charge in [0.15, 0.2) is 0 Å². The van der Waals surface area contributed by atoms with E-state index in [1.807, 2.05) is 30.3 Å². The fraction of sp³-hybridized carbons (Fsp3) is 0.261. The molecule has 0 saturated carbocycles. The van der Waals surface area contributed by atoms with Crippen LogP contribution in [-0.2, 0) is 13.0 Å². The first-order valence-corrected chi connectivity index (χ1v) is 9.61. The molecule has 27 heavy (non-hydrogen) atoms. The van der Waals surface area contributed by atoms with E-state index < -0.39 is 0 Å². The van der Waals surface area contributed by atoms with Gasteiger partial charge in [0.25, 0.3) is 0 Å². The molecule has 2 N–H and O–H groups in total. The van der Waals surface area contributed by atoms with E-state index in [-0.39, 0.29) is 6.03 Å². The van der Waals surface area contributed by atoms with Gasteiger partial charge in [0, 0.05) is 31.6 Å². The van der Waals surface area contributed by atoms with Gasteiger partial charge in [-0.05, 0) is 35.4 Å². The molecule has 0 spiro atoms. The smallest absolute Gasteiger partial charge is 0.319 e. The van der Waals surface area contributed by atoms with Gasteiger partial charge in [-0.1, -0.05) is 60.7 Å². The van der Waals surface area contributed by atoms with Gasteiger partial charge in [0.2, 0.25) is 0 Å². The van der Waals surface area contributed by atoms with Crippen molar-refractivity contribution in [1.29, 1.82) is 0 Å². The molecule has 0 unspecified atom stereocenters. The molecule has 1 heterocycles. The predicted molar refractivity (Wildman–Crippen MR) is 111 cm³/mol.